The maximum atomic E-state index is 11.8. The highest BCUT2D eigenvalue weighted by molar-refractivity contribution is 7.37. The van der Waals surface area contributed by atoms with Crippen molar-refractivity contribution in [1.29, 1.82) is 0 Å². The van der Waals surface area contributed by atoms with Gasteiger partial charge in [-0.25, -0.2) is 4.20 Å². The van der Waals surface area contributed by atoms with Crippen molar-refractivity contribution in [3.63, 3.8) is 0 Å². The second-order valence-electron chi connectivity index (χ2n) is 3.52. The number of benzene rings is 2. The molecule has 0 fully saturated rings. The van der Waals surface area contributed by atoms with Crippen LogP contribution >= 0.6 is 7.65 Å². The third-order valence-corrected chi connectivity index (χ3v) is 3.75. The van der Waals surface area contributed by atoms with Gasteiger partial charge < -0.3 is 5.11 Å². The summed E-state index contributed by atoms with van der Waals surface area (Å²) in [5, 5.41) is 11.7. The van der Waals surface area contributed by atoms with Crippen LogP contribution in [0.2, 0.25) is 0 Å². The van der Waals surface area contributed by atoms with Gasteiger partial charge in [-0.1, -0.05) is 24.3 Å². The first kappa shape index (κ1) is 9.37. The number of rotatable bonds is 0. The van der Waals surface area contributed by atoms with Gasteiger partial charge in [0.05, 0.1) is 0 Å². The molecule has 4 heteroatoms. The third-order valence-electron chi connectivity index (χ3n) is 2.56. The highest BCUT2D eigenvalue weighted by Gasteiger charge is 2.19. The zero-order valence-corrected chi connectivity index (χ0v) is 9.15. The lowest BCUT2D eigenvalue weighted by molar-refractivity contribution is 0.481. The number of phenols is 1. The minimum absolute atomic E-state index is 0.0214. The van der Waals surface area contributed by atoms with Gasteiger partial charge in [-0.3, -0.25) is 0 Å². The average molecular weight is 231 g/mol. The number of hydrogen-bond donors (Lipinski definition) is 1. The monoisotopic (exact) mass is 231 g/mol. The fourth-order valence-corrected chi connectivity index (χ4v) is 2.93. The van der Waals surface area contributed by atoms with Crippen LogP contribution in [0.3, 0.4) is 0 Å². The Morgan fingerprint density at radius 1 is 1.00 bits per heavy atom. The van der Waals surface area contributed by atoms with Gasteiger partial charge in [0.25, 0.3) is 5.12 Å². The van der Waals surface area contributed by atoms with Gasteiger partial charge >= 0.3 is 7.65 Å². The standard InChI is InChI=1S/C12H7O3P/c13-10-6-3-5-9-8-4-1-2-7-11(8)15-16(14)12(9)10/h1-7H/p+1. The highest BCUT2D eigenvalue weighted by atomic mass is 31.1. The summed E-state index contributed by atoms with van der Waals surface area (Å²) in [6, 6.07) is 12.5. The lowest BCUT2D eigenvalue weighted by Gasteiger charge is -1.96. The van der Waals surface area contributed by atoms with Crippen molar-refractivity contribution >= 4 is 29.1 Å². The van der Waals surface area contributed by atoms with Crippen molar-refractivity contribution in [2.24, 2.45) is 0 Å². The minimum atomic E-state index is -2.01. The summed E-state index contributed by atoms with van der Waals surface area (Å²) in [6.07, 6.45) is 0. The summed E-state index contributed by atoms with van der Waals surface area (Å²) >= 11 is 0. The molecule has 3 nitrogen and oxygen atoms in total. The second-order valence-corrected chi connectivity index (χ2v) is 4.66. The van der Waals surface area contributed by atoms with Crippen LogP contribution in [-0.2, 0) is 4.57 Å². The molecular weight excluding hydrogens is 223 g/mol. The van der Waals surface area contributed by atoms with E-state index >= 15 is 0 Å². The third kappa shape index (κ3) is 1.22. The van der Waals surface area contributed by atoms with E-state index in [1.807, 2.05) is 24.3 Å². The molecule has 0 bridgehead atoms. The Hall–Kier alpha value is -1.86. The Morgan fingerprint density at radius 2 is 1.75 bits per heavy atom. The predicted molar refractivity (Wildman–Crippen MR) is 63.0 cm³/mol. The zero-order chi connectivity index (χ0) is 11.1. The Balaban J connectivity index is 2.71. The van der Waals surface area contributed by atoms with E-state index in [1.54, 1.807) is 12.1 Å². The van der Waals surface area contributed by atoms with Crippen molar-refractivity contribution in [3.05, 3.63) is 42.5 Å². The van der Waals surface area contributed by atoms with Crippen LogP contribution in [0.25, 0.3) is 21.5 Å². The van der Waals surface area contributed by atoms with Crippen LogP contribution in [-0.4, -0.2) is 5.11 Å². The van der Waals surface area contributed by atoms with Gasteiger partial charge in [0, 0.05) is 10.8 Å². The molecule has 0 saturated carbocycles. The molecule has 0 amide bonds. The van der Waals surface area contributed by atoms with Crippen LogP contribution < -0.4 is 0 Å². The molecule has 3 rings (SSSR count). The summed E-state index contributed by atoms with van der Waals surface area (Å²) < 4.78 is 17.1. The Bertz CT molecular complexity index is 746. The van der Waals surface area contributed by atoms with Gasteiger partial charge in [0.15, 0.2) is 11.3 Å². The largest absolute Gasteiger partial charge is 0.601 e. The summed E-state index contributed by atoms with van der Waals surface area (Å²) in [5.74, 6) is 0.0214. The van der Waals surface area contributed by atoms with E-state index in [2.05, 4.69) is 0 Å². The van der Waals surface area contributed by atoms with E-state index in [0.29, 0.717) is 10.7 Å². The van der Waals surface area contributed by atoms with Crippen molar-refractivity contribution < 1.29 is 13.9 Å². The van der Waals surface area contributed by atoms with Gasteiger partial charge in [-0.2, -0.15) is 0 Å². The van der Waals surface area contributed by atoms with Crippen molar-refractivity contribution in [3.8, 4) is 5.75 Å². The zero-order valence-electron chi connectivity index (χ0n) is 8.25. The lowest BCUT2D eigenvalue weighted by Crippen LogP contribution is -1.75. The first-order valence-corrected chi connectivity index (χ1v) is 6.02. The molecule has 0 saturated heterocycles. The SMILES string of the molecule is O=[p+]1oc2ccccc2c2cccc(O)c21. The quantitative estimate of drug-likeness (QED) is 0.594. The molecule has 78 valence electrons. The van der Waals surface area contributed by atoms with Gasteiger partial charge in [0.2, 0.25) is 0 Å². The highest BCUT2D eigenvalue weighted by Crippen LogP contribution is 2.39. The molecule has 1 atom stereocenters. The average Bonchev–Trinajstić information content (AvgIpc) is 2.29. The van der Waals surface area contributed by atoms with Crippen LogP contribution in [0.4, 0.5) is 0 Å². The number of aromatic hydroxyl groups is 1. The van der Waals surface area contributed by atoms with Crippen LogP contribution in [0.15, 0.2) is 46.7 Å². The van der Waals surface area contributed by atoms with Crippen LogP contribution in [0.5, 0.6) is 5.75 Å². The molecule has 0 radical (unpaired) electrons. The summed E-state index contributed by atoms with van der Waals surface area (Å²) in [4.78, 5) is 0. The predicted octanol–water partition coefficient (Wildman–Crippen LogP) is 4.03. The number of phenolic OH excluding ortho intramolecular Hbond substituents is 1. The molecule has 1 N–H and O–H groups in total. The molecule has 16 heavy (non-hydrogen) atoms. The Morgan fingerprint density at radius 3 is 2.62 bits per heavy atom. The number of fused-ring (bicyclic) bond motifs is 3. The second kappa shape index (κ2) is 3.32. The molecule has 1 heterocycles. The fourth-order valence-electron chi connectivity index (χ4n) is 1.84. The first-order chi connectivity index (χ1) is 7.77. The molecule has 0 aliphatic heterocycles. The lowest BCUT2D eigenvalue weighted by atomic mass is 10.1. The van der Waals surface area contributed by atoms with E-state index in [4.69, 9.17) is 4.20 Å². The maximum absolute atomic E-state index is 11.8. The summed E-state index contributed by atoms with van der Waals surface area (Å²) in [7, 11) is -2.01. The van der Waals surface area contributed by atoms with E-state index < -0.39 is 7.65 Å². The summed E-state index contributed by atoms with van der Waals surface area (Å²) in [5.41, 5.74) is 0.599. The molecule has 1 unspecified atom stereocenters. The smallest absolute Gasteiger partial charge is 0.504 e. The molecular formula is C12H8O3P+. The van der Waals surface area contributed by atoms with E-state index in [-0.39, 0.29) is 5.75 Å². The molecule has 3 aromatic rings. The topological polar surface area (TPSA) is 50.4 Å². The molecule has 0 aliphatic carbocycles. The van der Waals surface area contributed by atoms with E-state index in [9.17, 15) is 9.67 Å². The molecule has 2 aromatic carbocycles. The Labute approximate surface area is 91.8 Å². The van der Waals surface area contributed by atoms with Crippen molar-refractivity contribution in [2.75, 3.05) is 0 Å². The molecule has 0 aliphatic rings. The van der Waals surface area contributed by atoms with Gasteiger partial charge in [-0.15, -0.1) is 0 Å². The van der Waals surface area contributed by atoms with Gasteiger partial charge in [0.1, 0.15) is 0 Å². The van der Waals surface area contributed by atoms with E-state index in [0.717, 1.165) is 10.8 Å². The minimum Gasteiger partial charge on any atom is -0.504 e. The summed E-state index contributed by atoms with van der Waals surface area (Å²) in [6.45, 7) is 0. The van der Waals surface area contributed by atoms with Crippen molar-refractivity contribution in [2.45, 2.75) is 0 Å². The molecule has 0 spiro atoms. The van der Waals surface area contributed by atoms with Crippen LogP contribution in [0.1, 0.15) is 0 Å². The van der Waals surface area contributed by atoms with E-state index in [1.165, 1.54) is 6.07 Å². The maximum Gasteiger partial charge on any atom is 0.601 e. The van der Waals surface area contributed by atoms with Gasteiger partial charge in [-0.05, 0) is 22.8 Å². The molecule has 1 aromatic heterocycles. The fraction of sp³-hybridized carbons (Fsp3) is 0. The van der Waals surface area contributed by atoms with Crippen molar-refractivity contribution in [1.82, 2.24) is 0 Å². The first-order valence-electron chi connectivity index (χ1n) is 4.84. The number of hydrogen-bond acceptors (Lipinski definition) is 3. The number of para-hydroxylation sites is 1. The Kier molecular flexibility index (Phi) is 1.95. The van der Waals surface area contributed by atoms with Crippen LogP contribution in [0, 0.1) is 0 Å². The normalized spacial score (nSPS) is 12.1.